The van der Waals surface area contributed by atoms with Crippen molar-refractivity contribution in [1.29, 1.82) is 0 Å². The van der Waals surface area contributed by atoms with Crippen LogP contribution < -0.4 is 5.32 Å². The zero-order chi connectivity index (χ0) is 19.3. The molecular formula is C22H23N3O3. The average molecular weight is 377 g/mol. The second kappa shape index (κ2) is 8.27. The number of para-hydroxylation sites is 2. The molecule has 2 N–H and O–H groups in total. The van der Waals surface area contributed by atoms with Crippen molar-refractivity contribution in [2.45, 2.75) is 19.4 Å². The lowest BCUT2D eigenvalue weighted by Gasteiger charge is -2.30. The zero-order valence-corrected chi connectivity index (χ0v) is 15.5. The van der Waals surface area contributed by atoms with Crippen molar-refractivity contribution in [2.75, 3.05) is 18.4 Å². The quantitative estimate of drug-likeness (QED) is 0.660. The molecule has 4 rings (SSSR count). The van der Waals surface area contributed by atoms with Crippen LogP contribution in [-0.4, -0.2) is 34.0 Å². The van der Waals surface area contributed by atoms with Gasteiger partial charge in [-0.1, -0.05) is 42.5 Å². The Bertz CT molecular complexity index is 931. The highest BCUT2D eigenvalue weighted by molar-refractivity contribution is 5.93. The molecule has 1 aromatic heterocycles. The van der Waals surface area contributed by atoms with Gasteiger partial charge in [0.1, 0.15) is 5.75 Å². The first-order valence-corrected chi connectivity index (χ1v) is 9.50. The third kappa shape index (κ3) is 4.23. The van der Waals surface area contributed by atoms with Gasteiger partial charge in [-0.25, -0.2) is 4.98 Å². The van der Waals surface area contributed by atoms with Gasteiger partial charge in [0, 0.05) is 11.5 Å². The largest absolute Gasteiger partial charge is 0.506 e. The van der Waals surface area contributed by atoms with E-state index in [9.17, 15) is 9.90 Å². The number of nitrogens with one attached hydrogen (secondary N) is 1. The smallest absolute Gasteiger partial charge is 0.227 e. The molecule has 1 fully saturated rings. The Hall–Kier alpha value is -3.12. The van der Waals surface area contributed by atoms with Gasteiger partial charge in [0.15, 0.2) is 5.76 Å². The maximum atomic E-state index is 12.5. The molecule has 6 heteroatoms. The average Bonchev–Trinajstić information content (AvgIpc) is 3.19. The lowest BCUT2D eigenvalue weighted by Crippen LogP contribution is -2.37. The Balaban J connectivity index is 1.29. The molecule has 28 heavy (non-hydrogen) atoms. The normalized spacial score (nSPS) is 15.4. The minimum Gasteiger partial charge on any atom is -0.506 e. The maximum absolute atomic E-state index is 12.5. The molecule has 1 saturated heterocycles. The molecule has 3 aromatic rings. The van der Waals surface area contributed by atoms with E-state index in [-0.39, 0.29) is 17.6 Å². The van der Waals surface area contributed by atoms with Gasteiger partial charge in [0.25, 0.3) is 0 Å². The summed E-state index contributed by atoms with van der Waals surface area (Å²) in [6.45, 7) is 2.25. The molecule has 0 spiro atoms. The third-order valence-electron chi connectivity index (χ3n) is 5.09. The molecule has 0 atom stereocenters. The van der Waals surface area contributed by atoms with Crippen LogP contribution in [0.5, 0.6) is 5.75 Å². The number of anilines is 1. The van der Waals surface area contributed by atoms with Gasteiger partial charge < -0.3 is 14.8 Å². The molecule has 1 amide bonds. The van der Waals surface area contributed by atoms with Crippen molar-refractivity contribution < 1.29 is 14.3 Å². The number of hydrogen-bond donors (Lipinski definition) is 2. The number of phenols is 1. The minimum atomic E-state index is -0.0553. The van der Waals surface area contributed by atoms with Crippen molar-refractivity contribution in [1.82, 2.24) is 9.88 Å². The van der Waals surface area contributed by atoms with Crippen LogP contribution >= 0.6 is 0 Å². The molecule has 0 aliphatic carbocycles. The molecule has 0 unspecified atom stereocenters. The topological polar surface area (TPSA) is 78.6 Å². The summed E-state index contributed by atoms with van der Waals surface area (Å²) in [5.74, 6) is 1.46. The van der Waals surface area contributed by atoms with Crippen LogP contribution in [-0.2, 0) is 11.3 Å². The molecule has 2 aromatic carbocycles. The molecule has 6 nitrogen and oxygen atoms in total. The number of benzene rings is 2. The Kier molecular flexibility index (Phi) is 5.39. The lowest BCUT2D eigenvalue weighted by molar-refractivity contribution is -0.121. The van der Waals surface area contributed by atoms with E-state index in [4.69, 9.17) is 4.42 Å². The molecule has 144 valence electrons. The SMILES string of the molecule is O=C(Nc1ccccc1O)C1CCN(Cc2ncc(-c3ccccc3)o2)CC1. The molecule has 1 aliphatic heterocycles. The summed E-state index contributed by atoms with van der Waals surface area (Å²) >= 11 is 0. The number of rotatable bonds is 5. The second-order valence-corrected chi connectivity index (χ2v) is 7.04. The van der Waals surface area contributed by atoms with E-state index < -0.39 is 0 Å². The highest BCUT2D eigenvalue weighted by Crippen LogP contribution is 2.26. The summed E-state index contributed by atoms with van der Waals surface area (Å²) in [6, 6.07) is 16.7. The summed E-state index contributed by atoms with van der Waals surface area (Å²) in [7, 11) is 0. The second-order valence-electron chi connectivity index (χ2n) is 7.04. The fraction of sp³-hybridized carbons (Fsp3) is 0.273. The maximum Gasteiger partial charge on any atom is 0.227 e. The lowest BCUT2D eigenvalue weighted by atomic mass is 9.96. The van der Waals surface area contributed by atoms with Crippen LogP contribution in [0.1, 0.15) is 18.7 Å². The summed E-state index contributed by atoms with van der Waals surface area (Å²) in [5, 5.41) is 12.6. The van der Waals surface area contributed by atoms with Crippen molar-refractivity contribution in [3.05, 3.63) is 66.7 Å². The van der Waals surface area contributed by atoms with Gasteiger partial charge in [-0.2, -0.15) is 0 Å². The fourth-order valence-electron chi connectivity index (χ4n) is 3.48. The van der Waals surface area contributed by atoms with E-state index in [2.05, 4.69) is 15.2 Å². The van der Waals surface area contributed by atoms with Crippen LogP contribution in [0.25, 0.3) is 11.3 Å². The van der Waals surface area contributed by atoms with Gasteiger partial charge in [-0.05, 0) is 38.1 Å². The minimum absolute atomic E-state index is 0.0383. The van der Waals surface area contributed by atoms with Crippen molar-refractivity contribution in [2.24, 2.45) is 5.92 Å². The monoisotopic (exact) mass is 377 g/mol. The van der Waals surface area contributed by atoms with E-state index in [1.807, 2.05) is 30.3 Å². The fourth-order valence-corrected chi connectivity index (χ4v) is 3.48. The number of carbonyl (C=O) groups excluding carboxylic acids is 1. The number of hydrogen-bond acceptors (Lipinski definition) is 5. The predicted molar refractivity (Wildman–Crippen MR) is 107 cm³/mol. The Morgan fingerprint density at radius 2 is 1.82 bits per heavy atom. The van der Waals surface area contributed by atoms with Crippen molar-refractivity contribution in [3.63, 3.8) is 0 Å². The third-order valence-corrected chi connectivity index (χ3v) is 5.09. The van der Waals surface area contributed by atoms with Crippen LogP contribution in [0.3, 0.4) is 0 Å². The van der Waals surface area contributed by atoms with Gasteiger partial charge in [0.05, 0.1) is 18.4 Å². The van der Waals surface area contributed by atoms with E-state index in [0.29, 0.717) is 18.1 Å². The number of aromatic hydroxyl groups is 1. The number of piperidine rings is 1. The van der Waals surface area contributed by atoms with E-state index >= 15 is 0 Å². The van der Waals surface area contributed by atoms with Gasteiger partial charge >= 0.3 is 0 Å². The van der Waals surface area contributed by atoms with Crippen molar-refractivity contribution in [3.8, 4) is 17.1 Å². The Morgan fingerprint density at radius 3 is 2.57 bits per heavy atom. The zero-order valence-electron chi connectivity index (χ0n) is 15.5. The molecule has 1 aliphatic rings. The van der Waals surface area contributed by atoms with E-state index in [1.165, 1.54) is 0 Å². The van der Waals surface area contributed by atoms with Gasteiger partial charge in [0.2, 0.25) is 11.8 Å². The highest BCUT2D eigenvalue weighted by atomic mass is 16.4. The van der Waals surface area contributed by atoms with Gasteiger partial charge in [-0.15, -0.1) is 0 Å². The predicted octanol–water partition coefficient (Wildman–Crippen LogP) is 3.90. The van der Waals surface area contributed by atoms with E-state index in [0.717, 1.165) is 37.3 Å². The summed E-state index contributed by atoms with van der Waals surface area (Å²) in [5.41, 5.74) is 1.48. The molecule has 0 radical (unpaired) electrons. The summed E-state index contributed by atoms with van der Waals surface area (Å²) in [6.07, 6.45) is 3.30. The van der Waals surface area contributed by atoms with Crippen LogP contribution in [0.4, 0.5) is 5.69 Å². The van der Waals surface area contributed by atoms with Crippen LogP contribution in [0.2, 0.25) is 0 Å². The van der Waals surface area contributed by atoms with Crippen LogP contribution in [0, 0.1) is 5.92 Å². The first-order chi connectivity index (χ1) is 13.7. The molecular weight excluding hydrogens is 354 g/mol. The van der Waals surface area contributed by atoms with Gasteiger partial charge in [-0.3, -0.25) is 9.69 Å². The number of carbonyl (C=O) groups is 1. The Morgan fingerprint density at radius 1 is 1.11 bits per heavy atom. The first-order valence-electron chi connectivity index (χ1n) is 9.50. The number of oxazole rings is 1. The molecule has 2 heterocycles. The van der Waals surface area contributed by atoms with Crippen LogP contribution in [0.15, 0.2) is 65.2 Å². The number of amides is 1. The summed E-state index contributed by atoms with van der Waals surface area (Å²) in [4.78, 5) is 19.1. The molecule has 0 saturated carbocycles. The molecule has 0 bridgehead atoms. The van der Waals surface area contributed by atoms with E-state index in [1.54, 1.807) is 30.5 Å². The number of aromatic nitrogens is 1. The first kappa shape index (κ1) is 18.3. The number of nitrogens with zero attached hydrogens (tertiary/aromatic N) is 2. The number of phenolic OH excluding ortho intramolecular Hbond substituents is 1. The summed E-state index contributed by atoms with van der Waals surface area (Å²) < 4.78 is 5.88. The van der Waals surface area contributed by atoms with Crippen molar-refractivity contribution >= 4 is 11.6 Å². The Labute approximate surface area is 163 Å². The standard InChI is InChI=1S/C22H23N3O3/c26-19-9-5-4-8-18(19)24-22(27)17-10-12-25(13-11-17)15-21-23-14-20(28-21)16-6-2-1-3-7-16/h1-9,14,17,26H,10-13,15H2,(H,24,27). The highest BCUT2D eigenvalue weighted by Gasteiger charge is 2.26. The number of likely N-dealkylation sites (tertiary alicyclic amines) is 1.